The molecule has 2 aromatic rings. The smallest absolute Gasteiger partial charge is 0.258 e. The average Bonchev–Trinajstić information content (AvgIpc) is 2.78. The SMILES string of the molecule is CSc1ccc(C(C)NC(=O)COc2ccc(S(=O)(=O)N3CCC(C)CC3)cc2)cc1. The highest BCUT2D eigenvalue weighted by Gasteiger charge is 2.27. The Morgan fingerprint density at radius 3 is 2.32 bits per heavy atom. The molecule has 1 fully saturated rings. The summed E-state index contributed by atoms with van der Waals surface area (Å²) in [6.45, 7) is 5.05. The summed E-state index contributed by atoms with van der Waals surface area (Å²) >= 11 is 1.67. The summed E-state index contributed by atoms with van der Waals surface area (Å²) in [5, 5.41) is 2.91. The predicted molar refractivity (Wildman–Crippen MR) is 124 cm³/mol. The van der Waals surface area contributed by atoms with Crippen LogP contribution in [0.15, 0.2) is 58.3 Å². The molecule has 1 amide bonds. The van der Waals surface area contributed by atoms with Gasteiger partial charge in [-0.2, -0.15) is 4.31 Å². The number of hydrogen-bond acceptors (Lipinski definition) is 5. The molecule has 1 N–H and O–H groups in total. The van der Waals surface area contributed by atoms with Crippen molar-refractivity contribution in [1.82, 2.24) is 9.62 Å². The fourth-order valence-corrected chi connectivity index (χ4v) is 5.37. The lowest BCUT2D eigenvalue weighted by atomic mass is 10.0. The van der Waals surface area contributed by atoms with Gasteiger partial charge in [0.2, 0.25) is 10.0 Å². The number of nitrogens with one attached hydrogen (secondary N) is 1. The van der Waals surface area contributed by atoms with Crippen LogP contribution in [0, 0.1) is 5.92 Å². The lowest BCUT2D eigenvalue weighted by Gasteiger charge is -2.29. The third-order valence-electron chi connectivity index (χ3n) is 5.57. The van der Waals surface area contributed by atoms with Crippen molar-refractivity contribution in [2.75, 3.05) is 26.0 Å². The van der Waals surface area contributed by atoms with Gasteiger partial charge in [-0.3, -0.25) is 4.79 Å². The Hall–Kier alpha value is -2.03. The summed E-state index contributed by atoms with van der Waals surface area (Å²) in [7, 11) is -3.49. The van der Waals surface area contributed by atoms with Crippen LogP contribution in [0.1, 0.15) is 38.3 Å². The molecule has 8 heteroatoms. The Kier molecular flexibility index (Phi) is 8.02. The molecule has 1 aliphatic heterocycles. The monoisotopic (exact) mass is 462 g/mol. The second kappa shape index (κ2) is 10.5. The fourth-order valence-electron chi connectivity index (χ4n) is 3.49. The zero-order chi connectivity index (χ0) is 22.4. The number of piperidine rings is 1. The minimum atomic E-state index is -3.49. The third kappa shape index (κ3) is 6.24. The van der Waals surface area contributed by atoms with E-state index in [0.717, 1.165) is 18.4 Å². The first kappa shape index (κ1) is 23.6. The highest BCUT2D eigenvalue weighted by molar-refractivity contribution is 7.98. The minimum Gasteiger partial charge on any atom is -0.484 e. The third-order valence-corrected chi connectivity index (χ3v) is 8.22. The van der Waals surface area contributed by atoms with Gasteiger partial charge in [0.15, 0.2) is 6.61 Å². The van der Waals surface area contributed by atoms with Crippen LogP contribution in [0.2, 0.25) is 0 Å². The van der Waals surface area contributed by atoms with Crippen LogP contribution in [0.25, 0.3) is 0 Å². The van der Waals surface area contributed by atoms with Gasteiger partial charge in [0.1, 0.15) is 5.75 Å². The maximum Gasteiger partial charge on any atom is 0.258 e. The van der Waals surface area contributed by atoms with Crippen molar-refractivity contribution in [1.29, 1.82) is 0 Å². The summed E-state index contributed by atoms with van der Waals surface area (Å²) in [6.07, 6.45) is 3.79. The molecule has 1 aliphatic rings. The van der Waals surface area contributed by atoms with Gasteiger partial charge < -0.3 is 10.1 Å². The predicted octanol–water partition coefficient (Wildman–Crippen LogP) is 4.09. The Bertz CT molecular complexity index is 968. The molecule has 6 nitrogen and oxygen atoms in total. The van der Waals surface area contributed by atoms with Gasteiger partial charge in [-0.1, -0.05) is 19.1 Å². The molecule has 2 aromatic carbocycles. The number of sulfonamides is 1. The molecular weight excluding hydrogens is 432 g/mol. The zero-order valence-corrected chi connectivity index (χ0v) is 19.8. The lowest BCUT2D eigenvalue weighted by molar-refractivity contribution is -0.123. The molecule has 31 heavy (non-hydrogen) atoms. The van der Waals surface area contributed by atoms with E-state index >= 15 is 0 Å². The summed E-state index contributed by atoms with van der Waals surface area (Å²) < 4.78 is 32.7. The normalized spacial score (nSPS) is 16.6. The first-order valence-corrected chi connectivity index (χ1v) is 13.1. The van der Waals surface area contributed by atoms with Crippen LogP contribution in [-0.2, 0) is 14.8 Å². The van der Waals surface area contributed by atoms with Crippen molar-refractivity contribution in [3.8, 4) is 5.75 Å². The minimum absolute atomic E-state index is 0.133. The van der Waals surface area contributed by atoms with Gasteiger partial charge in [-0.05, 0) is 73.9 Å². The highest BCUT2D eigenvalue weighted by Crippen LogP contribution is 2.25. The van der Waals surface area contributed by atoms with Crippen LogP contribution < -0.4 is 10.1 Å². The van der Waals surface area contributed by atoms with Crippen LogP contribution in [0.3, 0.4) is 0 Å². The topological polar surface area (TPSA) is 75.7 Å². The van der Waals surface area contributed by atoms with Gasteiger partial charge in [0, 0.05) is 18.0 Å². The van der Waals surface area contributed by atoms with E-state index in [-0.39, 0.29) is 23.5 Å². The molecule has 1 saturated heterocycles. The van der Waals surface area contributed by atoms with Crippen LogP contribution in [0.4, 0.5) is 0 Å². The molecule has 3 rings (SSSR count). The van der Waals surface area contributed by atoms with Gasteiger partial charge in [0.25, 0.3) is 5.91 Å². The second-order valence-electron chi connectivity index (χ2n) is 7.91. The number of rotatable bonds is 8. The van der Waals surface area contributed by atoms with Crippen molar-refractivity contribution < 1.29 is 17.9 Å². The largest absolute Gasteiger partial charge is 0.484 e. The number of carbonyl (C=O) groups is 1. The second-order valence-corrected chi connectivity index (χ2v) is 10.7. The molecular formula is C23H30N2O4S2. The van der Waals surface area contributed by atoms with E-state index in [1.165, 1.54) is 17.0 Å². The first-order valence-electron chi connectivity index (χ1n) is 10.5. The number of hydrogen-bond donors (Lipinski definition) is 1. The van der Waals surface area contributed by atoms with Gasteiger partial charge >= 0.3 is 0 Å². The van der Waals surface area contributed by atoms with Crippen molar-refractivity contribution in [2.24, 2.45) is 5.92 Å². The molecule has 0 spiro atoms. The van der Waals surface area contributed by atoms with Crippen LogP contribution in [-0.4, -0.2) is 44.6 Å². The molecule has 0 bridgehead atoms. The molecule has 0 aromatic heterocycles. The van der Waals surface area contributed by atoms with E-state index in [1.807, 2.05) is 37.4 Å². The summed E-state index contributed by atoms with van der Waals surface area (Å²) in [5.41, 5.74) is 1.02. The quantitative estimate of drug-likeness (QED) is 0.598. The molecule has 0 aliphatic carbocycles. The number of benzene rings is 2. The summed E-state index contributed by atoms with van der Waals surface area (Å²) in [6, 6.07) is 14.2. The number of carbonyl (C=O) groups excluding carboxylic acids is 1. The van der Waals surface area contributed by atoms with E-state index in [9.17, 15) is 13.2 Å². The number of amides is 1. The molecule has 1 unspecified atom stereocenters. The molecule has 0 radical (unpaired) electrons. The molecule has 0 saturated carbocycles. The first-order chi connectivity index (χ1) is 14.8. The number of thioether (sulfide) groups is 1. The van der Waals surface area contributed by atoms with E-state index in [2.05, 4.69) is 12.2 Å². The van der Waals surface area contributed by atoms with E-state index in [1.54, 1.807) is 28.2 Å². The Morgan fingerprint density at radius 2 is 1.74 bits per heavy atom. The molecule has 1 heterocycles. The van der Waals surface area contributed by atoms with Crippen molar-refractivity contribution >= 4 is 27.7 Å². The Morgan fingerprint density at radius 1 is 1.13 bits per heavy atom. The van der Waals surface area contributed by atoms with Crippen LogP contribution in [0.5, 0.6) is 5.75 Å². The van der Waals surface area contributed by atoms with E-state index < -0.39 is 10.0 Å². The summed E-state index contributed by atoms with van der Waals surface area (Å²) in [4.78, 5) is 13.7. The van der Waals surface area contributed by atoms with Gasteiger partial charge in [0.05, 0.1) is 10.9 Å². The van der Waals surface area contributed by atoms with Crippen molar-refractivity contribution in [3.63, 3.8) is 0 Å². The standard InChI is InChI=1S/C23H30N2O4S2/c1-17-12-14-25(15-13-17)31(27,28)22-10-6-20(7-11-22)29-16-23(26)24-18(2)19-4-8-21(30-3)9-5-19/h4-11,17-18H,12-16H2,1-3H3,(H,24,26). The molecule has 168 valence electrons. The van der Waals surface area contributed by atoms with Crippen molar-refractivity contribution in [2.45, 2.75) is 42.5 Å². The van der Waals surface area contributed by atoms with Crippen molar-refractivity contribution in [3.05, 3.63) is 54.1 Å². The summed E-state index contributed by atoms with van der Waals surface area (Å²) in [5.74, 6) is 0.782. The number of ether oxygens (including phenoxy) is 1. The van der Waals surface area contributed by atoms with E-state index in [4.69, 9.17) is 4.74 Å². The van der Waals surface area contributed by atoms with Gasteiger partial charge in [-0.15, -0.1) is 11.8 Å². The number of nitrogens with zero attached hydrogens (tertiary/aromatic N) is 1. The maximum atomic E-state index is 12.8. The van der Waals surface area contributed by atoms with Crippen LogP contribution >= 0.6 is 11.8 Å². The highest BCUT2D eigenvalue weighted by atomic mass is 32.2. The molecule has 1 atom stereocenters. The van der Waals surface area contributed by atoms with E-state index in [0.29, 0.717) is 24.8 Å². The lowest BCUT2D eigenvalue weighted by Crippen LogP contribution is -2.37. The zero-order valence-electron chi connectivity index (χ0n) is 18.2. The average molecular weight is 463 g/mol. The fraction of sp³-hybridized carbons (Fsp3) is 0.435. The van der Waals surface area contributed by atoms with Gasteiger partial charge in [-0.25, -0.2) is 8.42 Å². The Labute approximate surface area is 189 Å². The Balaban J connectivity index is 1.52. The maximum absolute atomic E-state index is 12.8.